The first-order valence-electron chi connectivity index (χ1n) is 5.63. The molecule has 6 heteroatoms. The summed E-state index contributed by atoms with van der Waals surface area (Å²) in [5, 5.41) is 4.88. The van der Waals surface area contributed by atoms with Crippen LogP contribution in [-0.4, -0.2) is 26.6 Å². The lowest BCUT2D eigenvalue weighted by Gasteiger charge is -2.09. The molecule has 0 aliphatic rings. The number of ether oxygens (including phenoxy) is 1. The number of unbranched alkanes of at least 4 members (excludes halogenated alkanes) is 1. The molecule has 0 fully saturated rings. The Morgan fingerprint density at radius 1 is 1.28 bits per heavy atom. The summed E-state index contributed by atoms with van der Waals surface area (Å²) in [5.41, 5.74) is 0.531. The molecule has 100 valence electrons. The molecule has 0 bridgehead atoms. The van der Waals surface area contributed by atoms with Gasteiger partial charge in [-0.2, -0.15) is 0 Å². The van der Waals surface area contributed by atoms with Crippen LogP contribution in [0.4, 0.5) is 0 Å². The molecule has 0 aliphatic carbocycles. The zero-order chi connectivity index (χ0) is 13.6. The molecule has 0 aliphatic heterocycles. The van der Waals surface area contributed by atoms with Crippen LogP contribution in [0.1, 0.15) is 30.1 Å². The Bertz CT molecular complexity index is 511. The molecule has 0 radical (unpaired) electrons. The fraction of sp³-hybridized carbons (Fsp3) is 0.417. The summed E-state index contributed by atoms with van der Waals surface area (Å²) < 4.78 is 26.9. The summed E-state index contributed by atoms with van der Waals surface area (Å²) in [7, 11) is -3.40. The summed E-state index contributed by atoms with van der Waals surface area (Å²) in [6.45, 7) is 1.84. The van der Waals surface area contributed by atoms with Crippen molar-refractivity contribution in [3.05, 3.63) is 29.8 Å². The monoisotopic (exact) mass is 271 g/mol. The third kappa shape index (κ3) is 5.29. The average Bonchev–Trinajstić information content (AvgIpc) is 2.27. The number of carbonyl (C=O) groups is 1. The number of Topliss-reactive ketones (excluding diaryl/α,β-unsaturated/α-hetero) is 1. The van der Waals surface area contributed by atoms with E-state index in [2.05, 4.69) is 0 Å². The molecule has 0 heterocycles. The third-order valence-corrected chi connectivity index (χ3v) is 3.20. The summed E-state index contributed by atoms with van der Waals surface area (Å²) in [6, 6.07) is 6.97. The van der Waals surface area contributed by atoms with Crippen LogP contribution in [0, 0.1) is 0 Å². The maximum absolute atomic E-state index is 11.3. The number of sulfonamides is 1. The van der Waals surface area contributed by atoms with Crippen molar-refractivity contribution in [2.75, 3.05) is 12.4 Å². The van der Waals surface area contributed by atoms with Gasteiger partial charge >= 0.3 is 0 Å². The molecule has 1 rings (SSSR count). The van der Waals surface area contributed by atoms with Crippen LogP contribution in [0.25, 0.3) is 0 Å². The van der Waals surface area contributed by atoms with Crippen LogP contribution >= 0.6 is 0 Å². The van der Waals surface area contributed by atoms with Crippen LogP contribution in [0.2, 0.25) is 0 Å². The molecule has 0 spiro atoms. The molecule has 2 N–H and O–H groups in total. The van der Waals surface area contributed by atoms with Gasteiger partial charge in [0.05, 0.1) is 17.9 Å². The van der Waals surface area contributed by atoms with Gasteiger partial charge < -0.3 is 4.74 Å². The van der Waals surface area contributed by atoms with Crippen LogP contribution in [0.3, 0.4) is 0 Å². The maximum Gasteiger partial charge on any atom is 0.209 e. The maximum atomic E-state index is 11.3. The van der Waals surface area contributed by atoms with E-state index in [0.29, 0.717) is 30.8 Å². The molecule has 18 heavy (non-hydrogen) atoms. The summed E-state index contributed by atoms with van der Waals surface area (Å²) in [4.78, 5) is 11.3. The molecule has 1 aromatic rings. The lowest BCUT2D eigenvalue weighted by Crippen LogP contribution is -2.16. The van der Waals surface area contributed by atoms with Crippen LogP contribution < -0.4 is 9.88 Å². The zero-order valence-electron chi connectivity index (χ0n) is 10.3. The van der Waals surface area contributed by atoms with Gasteiger partial charge in [0.1, 0.15) is 5.75 Å². The molecular weight excluding hydrogens is 254 g/mol. The van der Waals surface area contributed by atoms with E-state index in [1.165, 1.54) is 6.92 Å². The average molecular weight is 271 g/mol. The molecule has 0 amide bonds. The second kappa shape index (κ2) is 6.51. The van der Waals surface area contributed by atoms with Crippen molar-refractivity contribution in [1.29, 1.82) is 0 Å². The zero-order valence-corrected chi connectivity index (χ0v) is 11.1. The molecule has 0 saturated heterocycles. The Morgan fingerprint density at radius 2 is 1.94 bits per heavy atom. The lowest BCUT2D eigenvalue weighted by molar-refractivity contribution is 0.101. The number of rotatable bonds is 7. The minimum Gasteiger partial charge on any atom is -0.493 e. The normalized spacial score (nSPS) is 11.2. The van der Waals surface area contributed by atoms with E-state index in [4.69, 9.17) is 9.88 Å². The van der Waals surface area contributed by atoms with Crippen molar-refractivity contribution >= 4 is 15.8 Å². The minimum absolute atomic E-state index is 0.0509. The number of carbonyl (C=O) groups excluding carboxylic acids is 1. The highest BCUT2D eigenvalue weighted by molar-refractivity contribution is 7.89. The number of benzene rings is 1. The van der Waals surface area contributed by atoms with Gasteiger partial charge in [-0.1, -0.05) is 12.1 Å². The van der Waals surface area contributed by atoms with E-state index >= 15 is 0 Å². The van der Waals surface area contributed by atoms with Crippen molar-refractivity contribution in [3.8, 4) is 5.75 Å². The van der Waals surface area contributed by atoms with Crippen molar-refractivity contribution in [2.24, 2.45) is 5.14 Å². The Kier molecular flexibility index (Phi) is 5.30. The van der Waals surface area contributed by atoms with E-state index in [1.54, 1.807) is 24.3 Å². The van der Waals surface area contributed by atoms with E-state index in [9.17, 15) is 13.2 Å². The van der Waals surface area contributed by atoms with Gasteiger partial charge in [-0.3, -0.25) is 4.79 Å². The molecule has 0 unspecified atom stereocenters. The van der Waals surface area contributed by atoms with Gasteiger partial charge in [0, 0.05) is 0 Å². The predicted molar refractivity (Wildman–Crippen MR) is 69.1 cm³/mol. The Labute approximate surface area is 107 Å². The second-order valence-corrected chi connectivity index (χ2v) is 5.71. The van der Waals surface area contributed by atoms with Crippen LogP contribution in [0.5, 0.6) is 5.75 Å². The highest BCUT2D eigenvalue weighted by Crippen LogP contribution is 2.18. The highest BCUT2D eigenvalue weighted by Gasteiger charge is 2.07. The van der Waals surface area contributed by atoms with E-state index in [-0.39, 0.29) is 11.5 Å². The Hall–Kier alpha value is -1.40. The molecule has 0 aromatic heterocycles. The molecule has 5 nitrogen and oxygen atoms in total. The SMILES string of the molecule is CC(=O)c1ccccc1OCCCCS(N)(=O)=O. The summed E-state index contributed by atoms with van der Waals surface area (Å²) >= 11 is 0. The van der Waals surface area contributed by atoms with Crippen molar-refractivity contribution in [3.63, 3.8) is 0 Å². The molecule has 1 aromatic carbocycles. The Balaban J connectivity index is 2.42. The van der Waals surface area contributed by atoms with Crippen molar-refractivity contribution in [1.82, 2.24) is 0 Å². The van der Waals surface area contributed by atoms with Gasteiger partial charge in [-0.25, -0.2) is 13.6 Å². The summed E-state index contributed by atoms with van der Waals surface area (Å²) in [5.74, 6) is 0.417. The first-order chi connectivity index (χ1) is 8.40. The van der Waals surface area contributed by atoms with Gasteiger partial charge in [-0.15, -0.1) is 0 Å². The second-order valence-electron chi connectivity index (χ2n) is 3.97. The largest absolute Gasteiger partial charge is 0.493 e. The van der Waals surface area contributed by atoms with Crippen molar-refractivity contribution in [2.45, 2.75) is 19.8 Å². The van der Waals surface area contributed by atoms with E-state index in [0.717, 1.165) is 0 Å². The number of hydrogen-bond donors (Lipinski definition) is 1. The lowest BCUT2D eigenvalue weighted by atomic mass is 10.1. The fourth-order valence-electron chi connectivity index (χ4n) is 1.47. The van der Waals surface area contributed by atoms with E-state index < -0.39 is 10.0 Å². The van der Waals surface area contributed by atoms with Crippen LogP contribution in [0.15, 0.2) is 24.3 Å². The Morgan fingerprint density at radius 3 is 2.56 bits per heavy atom. The van der Waals surface area contributed by atoms with Gasteiger partial charge in [-0.05, 0) is 31.9 Å². The van der Waals surface area contributed by atoms with Gasteiger partial charge in [0.15, 0.2) is 5.78 Å². The minimum atomic E-state index is -3.40. The number of nitrogens with two attached hydrogens (primary N) is 1. The first kappa shape index (κ1) is 14.7. The standard InChI is InChI=1S/C12H17NO4S/c1-10(14)11-6-2-3-7-12(11)17-8-4-5-9-18(13,15)16/h2-3,6-7H,4-5,8-9H2,1H3,(H2,13,15,16). The molecular formula is C12H17NO4S. The molecule has 0 atom stereocenters. The summed E-state index contributed by atoms with van der Waals surface area (Å²) in [6.07, 6.45) is 1.02. The van der Waals surface area contributed by atoms with Crippen molar-refractivity contribution < 1.29 is 17.9 Å². The topological polar surface area (TPSA) is 86.5 Å². The highest BCUT2D eigenvalue weighted by atomic mass is 32.2. The number of para-hydroxylation sites is 1. The smallest absolute Gasteiger partial charge is 0.209 e. The third-order valence-electron chi connectivity index (χ3n) is 2.35. The first-order valence-corrected chi connectivity index (χ1v) is 7.35. The quantitative estimate of drug-likeness (QED) is 0.599. The number of hydrogen-bond acceptors (Lipinski definition) is 4. The van der Waals surface area contributed by atoms with Crippen LogP contribution in [-0.2, 0) is 10.0 Å². The molecule has 0 saturated carbocycles. The number of ketones is 1. The number of primary sulfonamides is 1. The fourth-order valence-corrected chi connectivity index (χ4v) is 2.08. The van der Waals surface area contributed by atoms with Gasteiger partial charge in [0.25, 0.3) is 0 Å². The van der Waals surface area contributed by atoms with E-state index in [1.807, 2.05) is 0 Å². The van der Waals surface area contributed by atoms with Gasteiger partial charge in [0.2, 0.25) is 10.0 Å². The predicted octanol–water partition coefficient (Wildman–Crippen LogP) is 1.34.